The Morgan fingerprint density at radius 3 is 2.62 bits per heavy atom. The van der Waals surface area contributed by atoms with Crippen LogP contribution < -0.4 is 15.4 Å². The summed E-state index contributed by atoms with van der Waals surface area (Å²) in [6.45, 7) is 13.3. The SMILES string of the molecule is CC(C)Oc1c(N)nsc1N1CCCC(C(C)(C)C)CC1. The Hall–Kier alpha value is -0.970. The van der Waals surface area contributed by atoms with Gasteiger partial charge in [-0.05, 0) is 56.0 Å². The highest BCUT2D eigenvalue weighted by atomic mass is 32.1. The van der Waals surface area contributed by atoms with Crippen LogP contribution in [0.2, 0.25) is 0 Å². The molecule has 5 heteroatoms. The standard InChI is InChI=1S/C16H29N3OS/c1-11(2)20-13-14(17)18-21-15(13)19-9-6-7-12(8-10-19)16(3,4)5/h11-12H,6-10H2,1-5H3,(H2,17,18). The molecule has 0 bridgehead atoms. The van der Waals surface area contributed by atoms with Crippen LogP contribution in [-0.4, -0.2) is 23.6 Å². The van der Waals surface area contributed by atoms with E-state index in [1.807, 2.05) is 13.8 Å². The van der Waals surface area contributed by atoms with E-state index in [0.29, 0.717) is 11.2 Å². The molecule has 1 aromatic rings. The van der Waals surface area contributed by atoms with Crippen LogP contribution in [0.3, 0.4) is 0 Å². The summed E-state index contributed by atoms with van der Waals surface area (Å²) in [6.07, 6.45) is 3.87. The van der Waals surface area contributed by atoms with E-state index in [9.17, 15) is 0 Å². The third-order valence-corrected chi connectivity index (χ3v) is 5.16. The lowest BCUT2D eigenvalue weighted by molar-refractivity contribution is 0.220. The van der Waals surface area contributed by atoms with Crippen molar-refractivity contribution in [1.82, 2.24) is 4.37 Å². The zero-order valence-electron chi connectivity index (χ0n) is 14.0. The Balaban J connectivity index is 2.13. The van der Waals surface area contributed by atoms with Gasteiger partial charge in [-0.1, -0.05) is 20.8 Å². The fourth-order valence-electron chi connectivity index (χ4n) is 3.00. The van der Waals surface area contributed by atoms with Crippen molar-refractivity contribution < 1.29 is 4.74 Å². The highest BCUT2D eigenvalue weighted by molar-refractivity contribution is 7.11. The van der Waals surface area contributed by atoms with Crippen LogP contribution in [0.5, 0.6) is 5.75 Å². The highest BCUT2D eigenvalue weighted by Crippen LogP contribution is 2.41. The predicted molar refractivity (Wildman–Crippen MR) is 91.3 cm³/mol. The van der Waals surface area contributed by atoms with Gasteiger partial charge in [-0.2, -0.15) is 4.37 Å². The van der Waals surface area contributed by atoms with Gasteiger partial charge in [0.2, 0.25) is 0 Å². The van der Waals surface area contributed by atoms with Gasteiger partial charge in [-0.3, -0.25) is 0 Å². The molecule has 1 aliphatic heterocycles. The number of hydrogen-bond acceptors (Lipinski definition) is 5. The van der Waals surface area contributed by atoms with Gasteiger partial charge in [0.1, 0.15) is 0 Å². The van der Waals surface area contributed by atoms with Crippen molar-refractivity contribution in [1.29, 1.82) is 0 Å². The zero-order chi connectivity index (χ0) is 15.6. The molecule has 1 atom stereocenters. The van der Waals surface area contributed by atoms with Gasteiger partial charge in [0, 0.05) is 13.1 Å². The zero-order valence-corrected chi connectivity index (χ0v) is 14.8. The second kappa shape index (κ2) is 6.42. The molecule has 2 heterocycles. The minimum absolute atomic E-state index is 0.122. The minimum Gasteiger partial charge on any atom is -0.484 e. The summed E-state index contributed by atoms with van der Waals surface area (Å²) in [5, 5.41) is 1.11. The molecule has 0 radical (unpaired) electrons. The quantitative estimate of drug-likeness (QED) is 0.910. The van der Waals surface area contributed by atoms with Crippen molar-refractivity contribution >= 4 is 22.4 Å². The molecule has 1 aliphatic rings. The molecule has 1 fully saturated rings. The van der Waals surface area contributed by atoms with Gasteiger partial charge in [0.15, 0.2) is 16.6 Å². The second-order valence-electron chi connectivity index (χ2n) is 7.35. The Labute approximate surface area is 132 Å². The summed E-state index contributed by atoms with van der Waals surface area (Å²) >= 11 is 1.47. The van der Waals surface area contributed by atoms with Crippen molar-refractivity contribution in [3.8, 4) is 5.75 Å². The van der Waals surface area contributed by atoms with Gasteiger partial charge in [0.05, 0.1) is 6.10 Å². The largest absolute Gasteiger partial charge is 0.484 e. The number of anilines is 2. The summed E-state index contributed by atoms with van der Waals surface area (Å²) in [5.41, 5.74) is 6.37. The van der Waals surface area contributed by atoms with E-state index in [0.717, 1.165) is 29.8 Å². The molecule has 120 valence electrons. The van der Waals surface area contributed by atoms with E-state index in [-0.39, 0.29) is 6.10 Å². The first-order valence-electron chi connectivity index (χ1n) is 7.95. The second-order valence-corrected chi connectivity index (χ2v) is 8.10. The van der Waals surface area contributed by atoms with Crippen molar-refractivity contribution in [3.05, 3.63) is 0 Å². The molecule has 0 aliphatic carbocycles. The van der Waals surface area contributed by atoms with E-state index in [1.165, 1.54) is 30.8 Å². The third kappa shape index (κ3) is 4.02. The van der Waals surface area contributed by atoms with Gasteiger partial charge in [-0.25, -0.2) is 0 Å². The number of ether oxygens (including phenoxy) is 1. The maximum absolute atomic E-state index is 5.98. The molecule has 0 spiro atoms. The lowest BCUT2D eigenvalue weighted by Gasteiger charge is -2.30. The normalized spacial score (nSPS) is 20.7. The summed E-state index contributed by atoms with van der Waals surface area (Å²) in [7, 11) is 0. The van der Waals surface area contributed by atoms with E-state index in [1.54, 1.807) is 0 Å². The summed E-state index contributed by atoms with van der Waals surface area (Å²) < 4.78 is 10.2. The highest BCUT2D eigenvalue weighted by Gasteiger charge is 2.29. The molecule has 2 N–H and O–H groups in total. The number of rotatable bonds is 3. The number of aromatic nitrogens is 1. The Kier molecular flexibility index (Phi) is 5.02. The Morgan fingerprint density at radius 2 is 2.00 bits per heavy atom. The van der Waals surface area contributed by atoms with E-state index < -0.39 is 0 Å². The van der Waals surface area contributed by atoms with E-state index in [4.69, 9.17) is 10.5 Å². The summed E-state index contributed by atoms with van der Waals surface area (Å²) in [6, 6.07) is 0. The van der Waals surface area contributed by atoms with Gasteiger partial charge in [0.25, 0.3) is 0 Å². The van der Waals surface area contributed by atoms with Crippen LogP contribution in [0.4, 0.5) is 10.8 Å². The summed E-state index contributed by atoms with van der Waals surface area (Å²) in [4.78, 5) is 2.41. The molecule has 1 unspecified atom stereocenters. The first kappa shape index (κ1) is 16.4. The van der Waals surface area contributed by atoms with E-state index in [2.05, 4.69) is 30.0 Å². The molecule has 4 nitrogen and oxygen atoms in total. The van der Waals surface area contributed by atoms with Crippen molar-refractivity contribution in [3.63, 3.8) is 0 Å². The third-order valence-electron chi connectivity index (χ3n) is 4.25. The molecule has 21 heavy (non-hydrogen) atoms. The maximum atomic E-state index is 5.98. The average molecular weight is 311 g/mol. The maximum Gasteiger partial charge on any atom is 0.198 e. The first-order chi connectivity index (χ1) is 9.79. The topological polar surface area (TPSA) is 51.4 Å². The number of hydrogen-bond donors (Lipinski definition) is 1. The fourth-order valence-corrected chi connectivity index (χ4v) is 3.80. The lowest BCUT2D eigenvalue weighted by atomic mass is 9.77. The molecule has 2 rings (SSSR count). The molecule has 1 saturated heterocycles. The van der Waals surface area contributed by atoms with Crippen LogP contribution in [-0.2, 0) is 0 Å². The van der Waals surface area contributed by atoms with Gasteiger partial charge < -0.3 is 15.4 Å². The molecular formula is C16H29N3OS. The molecule has 0 saturated carbocycles. The van der Waals surface area contributed by atoms with Gasteiger partial charge in [-0.15, -0.1) is 0 Å². The Morgan fingerprint density at radius 1 is 1.29 bits per heavy atom. The molecular weight excluding hydrogens is 282 g/mol. The van der Waals surface area contributed by atoms with Crippen LogP contribution >= 0.6 is 11.5 Å². The van der Waals surface area contributed by atoms with Gasteiger partial charge >= 0.3 is 0 Å². The molecule has 1 aromatic heterocycles. The molecule has 0 amide bonds. The van der Waals surface area contributed by atoms with Crippen LogP contribution in [0.15, 0.2) is 0 Å². The van der Waals surface area contributed by atoms with Crippen LogP contribution in [0.25, 0.3) is 0 Å². The van der Waals surface area contributed by atoms with Crippen LogP contribution in [0, 0.1) is 11.3 Å². The van der Waals surface area contributed by atoms with Crippen molar-refractivity contribution in [2.75, 3.05) is 23.7 Å². The van der Waals surface area contributed by atoms with E-state index >= 15 is 0 Å². The van der Waals surface area contributed by atoms with Crippen LogP contribution in [0.1, 0.15) is 53.9 Å². The first-order valence-corrected chi connectivity index (χ1v) is 8.73. The summed E-state index contributed by atoms with van der Waals surface area (Å²) in [5.74, 6) is 2.09. The lowest BCUT2D eigenvalue weighted by Crippen LogP contribution is -2.26. The fraction of sp³-hybridized carbons (Fsp3) is 0.812. The van der Waals surface area contributed by atoms with Crippen molar-refractivity contribution in [2.45, 2.75) is 60.0 Å². The average Bonchev–Trinajstić information content (AvgIpc) is 2.62. The number of nitrogens with zero attached hydrogens (tertiary/aromatic N) is 2. The monoisotopic (exact) mass is 311 g/mol. The Bertz CT molecular complexity index is 465. The van der Waals surface area contributed by atoms with Crippen molar-refractivity contribution in [2.24, 2.45) is 11.3 Å². The number of nitrogen functional groups attached to an aromatic ring is 1. The minimum atomic E-state index is 0.122. The number of nitrogens with two attached hydrogens (primary N) is 1. The molecule has 0 aromatic carbocycles. The predicted octanol–water partition coefficient (Wildman–Crippen LogP) is 4.17. The smallest absolute Gasteiger partial charge is 0.198 e.